The van der Waals surface area contributed by atoms with Crippen molar-refractivity contribution < 1.29 is 14.3 Å². The summed E-state index contributed by atoms with van der Waals surface area (Å²) in [7, 11) is 3.38. The van der Waals surface area contributed by atoms with Crippen molar-refractivity contribution in [3.05, 3.63) is 29.8 Å². The third-order valence-corrected chi connectivity index (χ3v) is 3.02. The Morgan fingerprint density at radius 1 is 1.14 bits per heavy atom. The fourth-order valence-corrected chi connectivity index (χ4v) is 1.78. The van der Waals surface area contributed by atoms with Gasteiger partial charge in [0.05, 0.1) is 7.11 Å². The predicted octanol–water partition coefficient (Wildman–Crippen LogP) is 0.397. The van der Waals surface area contributed by atoms with Crippen molar-refractivity contribution in [1.82, 2.24) is 16.0 Å². The second kappa shape index (κ2) is 8.97. The van der Waals surface area contributed by atoms with Crippen LogP contribution >= 0.6 is 0 Å². The first-order chi connectivity index (χ1) is 10.1. The maximum absolute atomic E-state index is 11.9. The minimum atomic E-state index is -0.171. The zero-order valence-corrected chi connectivity index (χ0v) is 12.7. The molecule has 1 atom stereocenters. The summed E-state index contributed by atoms with van der Waals surface area (Å²) in [6.45, 7) is 3.28. The minimum absolute atomic E-state index is 0.0250. The molecule has 21 heavy (non-hydrogen) atoms. The number of rotatable bonds is 8. The summed E-state index contributed by atoms with van der Waals surface area (Å²) in [5.74, 6) is 0.419. The Bertz CT molecular complexity index is 460. The standard InChI is InChI=1S/C15H23N3O3/c1-11(10-16-2)14(19)17-8-9-18-15(20)12-4-6-13(21-3)7-5-12/h4-7,11,16H,8-10H2,1-3H3,(H,17,19)(H,18,20). The van der Waals surface area contributed by atoms with Crippen molar-refractivity contribution in [3.8, 4) is 5.75 Å². The summed E-state index contributed by atoms with van der Waals surface area (Å²) in [6.07, 6.45) is 0. The first-order valence-electron chi connectivity index (χ1n) is 6.93. The molecule has 0 bridgehead atoms. The van der Waals surface area contributed by atoms with Crippen LogP contribution < -0.4 is 20.7 Å². The first kappa shape index (κ1) is 17.0. The molecule has 0 saturated carbocycles. The lowest BCUT2D eigenvalue weighted by atomic mass is 10.1. The molecule has 1 rings (SSSR count). The predicted molar refractivity (Wildman–Crippen MR) is 81.4 cm³/mol. The van der Waals surface area contributed by atoms with Crippen LogP contribution in [0.3, 0.4) is 0 Å². The topological polar surface area (TPSA) is 79.5 Å². The molecule has 0 aromatic heterocycles. The van der Waals surface area contributed by atoms with Crippen molar-refractivity contribution in [2.45, 2.75) is 6.92 Å². The highest BCUT2D eigenvalue weighted by Gasteiger charge is 2.11. The summed E-state index contributed by atoms with van der Waals surface area (Å²) in [5, 5.41) is 8.48. The molecule has 116 valence electrons. The molecule has 6 heteroatoms. The van der Waals surface area contributed by atoms with Gasteiger partial charge in [0, 0.05) is 31.1 Å². The largest absolute Gasteiger partial charge is 0.497 e. The third kappa shape index (κ3) is 5.83. The molecule has 0 spiro atoms. The van der Waals surface area contributed by atoms with E-state index in [0.29, 0.717) is 30.9 Å². The van der Waals surface area contributed by atoms with Crippen LogP contribution in [0.4, 0.5) is 0 Å². The average Bonchev–Trinajstić information content (AvgIpc) is 2.51. The van der Waals surface area contributed by atoms with E-state index in [1.54, 1.807) is 38.4 Å². The summed E-state index contributed by atoms with van der Waals surface area (Å²) < 4.78 is 5.03. The van der Waals surface area contributed by atoms with Crippen molar-refractivity contribution in [2.75, 3.05) is 33.8 Å². The van der Waals surface area contributed by atoms with E-state index in [9.17, 15) is 9.59 Å². The lowest BCUT2D eigenvalue weighted by Crippen LogP contribution is -2.39. The molecule has 6 nitrogen and oxygen atoms in total. The molecule has 0 aliphatic rings. The normalized spacial score (nSPS) is 11.6. The highest BCUT2D eigenvalue weighted by atomic mass is 16.5. The van der Waals surface area contributed by atoms with Crippen LogP contribution in [-0.4, -0.2) is 45.6 Å². The highest BCUT2D eigenvalue weighted by Crippen LogP contribution is 2.10. The van der Waals surface area contributed by atoms with Gasteiger partial charge in [-0.25, -0.2) is 0 Å². The Morgan fingerprint density at radius 3 is 2.33 bits per heavy atom. The number of methoxy groups -OCH3 is 1. The van der Waals surface area contributed by atoms with Crippen LogP contribution in [0.5, 0.6) is 5.75 Å². The molecular formula is C15H23N3O3. The van der Waals surface area contributed by atoms with Crippen LogP contribution in [0, 0.1) is 5.92 Å². The van der Waals surface area contributed by atoms with Gasteiger partial charge in [0.15, 0.2) is 0 Å². The zero-order valence-electron chi connectivity index (χ0n) is 12.7. The number of hydrogen-bond donors (Lipinski definition) is 3. The Hall–Kier alpha value is -2.08. The van der Waals surface area contributed by atoms with Crippen molar-refractivity contribution in [3.63, 3.8) is 0 Å². The van der Waals surface area contributed by atoms with Gasteiger partial charge in [-0.15, -0.1) is 0 Å². The van der Waals surface area contributed by atoms with E-state index >= 15 is 0 Å². The fraction of sp³-hybridized carbons (Fsp3) is 0.467. The van der Waals surface area contributed by atoms with E-state index in [2.05, 4.69) is 16.0 Å². The quantitative estimate of drug-likeness (QED) is 0.606. The SMILES string of the molecule is CNCC(C)C(=O)NCCNC(=O)c1ccc(OC)cc1. The first-order valence-corrected chi connectivity index (χ1v) is 6.93. The van der Waals surface area contributed by atoms with E-state index in [-0.39, 0.29) is 17.7 Å². The number of amides is 2. The van der Waals surface area contributed by atoms with Gasteiger partial charge in [0.1, 0.15) is 5.75 Å². The van der Waals surface area contributed by atoms with Crippen LogP contribution in [0.25, 0.3) is 0 Å². The molecule has 0 aliphatic carbocycles. The van der Waals surface area contributed by atoms with E-state index in [1.807, 2.05) is 6.92 Å². The molecule has 0 radical (unpaired) electrons. The Labute approximate surface area is 125 Å². The van der Waals surface area contributed by atoms with Gasteiger partial charge in [-0.05, 0) is 31.3 Å². The monoisotopic (exact) mass is 293 g/mol. The van der Waals surface area contributed by atoms with Crippen LogP contribution in [-0.2, 0) is 4.79 Å². The molecule has 1 aromatic rings. The lowest BCUT2D eigenvalue weighted by Gasteiger charge is -2.12. The van der Waals surface area contributed by atoms with Gasteiger partial charge in [-0.3, -0.25) is 9.59 Å². The van der Waals surface area contributed by atoms with Crippen molar-refractivity contribution in [1.29, 1.82) is 0 Å². The van der Waals surface area contributed by atoms with E-state index in [4.69, 9.17) is 4.74 Å². The zero-order chi connectivity index (χ0) is 15.7. The van der Waals surface area contributed by atoms with Gasteiger partial charge in [0.2, 0.25) is 5.91 Å². The minimum Gasteiger partial charge on any atom is -0.497 e. The number of benzene rings is 1. The van der Waals surface area contributed by atoms with Gasteiger partial charge >= 0.3 is 0 Å². The molecule has 2 amide bonds. The molecule has 3 N–H and O–H groups in total. The second-order valence-electron chi connectivity index (χ2n) is 4.73. The number of nitrogens with one attached hydrogen (secondary N) is 3. The van der Waals surface area contributed by atoms with Gasteiger partial charge in [-0.1, -0.05) is 6.92 Å². The molecule has 0 fully saturated rings. The summed E-state index contributed by atoms with van der Waals surface area (Å²) in [4.78, 5) is 23.5. The number of carbonyl (C=O) groups is 2. The highest BCUT2D eigenvalue weighted by molar-refractivity contribution is 5.94. The van der Waals surface area contributed by atoms with E-state index in [0.717, 1.165) is 0 Å². The fourth-order valence-electron chi connectivity index (χ4n) is 1.78. The summed E-state index contributed by atoms with van der Waals surface area (Å²) in [6, 6.07) is 6.86. The van der Waals surface area contributed by atoms with Crippen LogP contribution in [0.2, 0.25) is 0 Å². The molecule has 0 aliphatic heterocycles. The van der Waals surface area contributed by atoms with Crippen molar-refractivity contribution in [2.24, 2.45) is 5.92 Å². The van der Waals surface area contributed by atoms with Crippen LogP contribution in [0.15, 0.2) is 24.3 Å². The maximum Gasteiger partial charge on any atom is 0.251 e. The molecule has 1 aromatic carbocycles. The number of hydrogen-bond acceptors (Lipinski definition) is 4. The maximum atomic E-state index is 11.9. The summed E-state index contributed by atoms with van der Waals surface area (Å²) >= 11 is 0. The van der Waals surface area contributed by atoms with Crippen LogP contribution in [0.1, 0.15) is 17.3 Å². The Balaban J connectivity index is 2.28. The molecule has 0 heterocycles. The van der Waals surface area contributed by atoms with Gasteiger partial charge < -0.3 is 20.7 Å². The Morgan fingerprint density at radius 2 is 1.76 bits per heavy atom. The molecular weight excluding hydrogens is 270 g/mol. The van der Waals surface area contributed by atoms with E-state index in [1.165, 1.54) is 0 Å². The average molecular weight is 293 g/mol. The third-order valence-electron chi connectivity index (χ3n) is 3.02. The molecule has 1 unspecified atom stereocenters. The Kier molecular flexibility index (Phi) is 7.25. The number of ether oxygens (including phenoxy) is 1. The van der Waals surface area contributed by atoms with Gasteiger partial charge in [-0.2, -0.15) is 0 Å². The smallest absolute Gasteiger partial charge is 0.251 e. The van der Waals surface area contributed by atoms with Gasteiger partial charge in [0.25, 0.3) is 5.91 Å². The summed E-state index contributed by atoms with van der Waals surface area (Å²) in [5.41, 5.74) is 0.561. The second-order valence-corrected chi connectivity index (χ2v) is 4.73. The number of carbonyl (C=O) groups excluding carboxylic acids is 2. The molecule has 0 saturated heterocycles. The lowest BCUT2D eigenvalue weighted by molar-refractivity contribution is -0.124. The van der Waals surface area contributed by atoms with E-state index < -0.39 is 0 Å². The van der Waals surface area contributed by atoms with Crippen molar-refractivity contribution >= 4 is 11.8 Å².